The van der Waals surface area contributed by atoms with Crippen LogP contribution >= 0.6 is 0 Å². The van der Waals surface area contributed by atoms with Crippen molar-refractivity contribution in [1.29, 1.82) is 0 Å². The lowest BCUT2D eigenvalue weighted by atomic mass is 9.47. The highest BCUT2D eigenvalue weighted by atomic mass is 16.5. The minimum atomic E-state index is -0.569. The molecule has 5 rings (SSSR count). The number of pyridine rings is 1. The molecule has 1 spiro atoms. The molecule has 3 aliphatic carbocycles. The second kappa shape index (κ2) is 6.69. The normalized spacial score (nSPS) is 33.5. The number of fused-ring (bicyclic) bond motifs is 1. The van der Waals surface area contributed by atoms with Crippen molar-refractivity contribution < 1.29 is 14.6 Å². The third kappa shape index (κ3) is 3.50. The monoisotopic (exact) mass is 394 g/mol. The van der Waals surface area contributed by atoms with Crippen molar-refractivity contribution in [2.24, 2.45) is 17.3 Å². The molecule has 0 atom stereocenters. The zero-order chi connectivity index (χ0) is 20.2. The van der Waals surface area contributed by atoms with Crippen LogP contribution in [0.1, 0.15) is 52.4 Å². The van der Waals surface area contributed by atoms with Gasteiger partial charge in [0.1, 0.15) is 17.4 Å². The maximum absolute atomic E-state index is 12.6. The zero-order valence-corrected chi connectivity index (χ0v) is 17.2. The van der Waals surface area contributed by atoms with E-state index >= 15 is 0 Å². The first-order valence-electron chi connectivity index (χ1n) is 10.8. The number of ether oxygens (including phenoxy) is 1. The molecule has 1 heterocycles. The van der Waals surface area contributed by atoms with Crippen molar-refractivity contribution in [2.75, 3.05) is 0 Å². The number of para-hydroxylation sites is 1. The Morgan fingerprint density at radius 3 is 2.62 bits per heavy atom. The second-order valence-electron chi connectivity index (χ2n) is 10.1. The summed E-state index contributed by atoms with van der Waals surface area (Å²) in [6.07, 6.45) is 7.75. The molecular formula is C24H30N2O3. The average molecular weight is 395 g/mol. The van der Waals surface area contributed by atoms with E-state index in [0.717, 1.165) is 55.2 Å². The third-order valence-electron chi connectivity index (χ3n) is 7.42. The molecule has 5 heteroatoms. The molecule has 3 aliphatic rings. The SMILES string of the molecule is CC(C)(O)C1CC2(CC(NC(=O)[C@H]3C[C@H](Oc4cccc5cccnc45)C3)C2)C1. The summed E-state index contributed by atoms with van der Waals surface area (Å²) in [6, 6.07) is 10.2. The number of hydrogen-bond acceptors (Lipinski definition) is 4. The summed E-state index contributed by atoms with van der Waals surface area (Å²) in [4.78, 5) is 17.0. The molecule has 1 aromatic heterocycles. The van der Waals surface area contributed by atoms with E-state index in [1.807, 2.05) is 44.2 Å². The second-order valence-corrected chi connectivity index (χ2v) is 10.1. The smallest absolute Gasteiger partial charge is 0.223 e. The highest BCUT2D eigenvalue weighted by Crippen LogP contribution is 2.61. The number of aliphatic hydroxyl groups is 1. The summed E-state index contributed by atoms with van der Waals surface area (Å²) in [5.41, 5.74) is 0.697. The topological polar surface area (TPSA) is 71.5 Å². The number of aromatic nitrogens is 1. The van der Waals surface area contributed by atoms with Crippen LogP contribution in [0.3, 0.4) is 0 Å². The quantitative estimate of drug-likeness (QED) is 0.808. The van der Waals surface area contributed by atoms with Gasteiger partial charge in [0.25, 0.3) is 0 Å². The molecule has 3 fully saturated rings. The first-order valence-corrected chi connectivity index (χ1v) is 10.8. The minimum absolute atomic E-state index is 0.0602. The van der Waals surface area contributed by atoms with Gasteiger partial charge in [-0.2, -0.15) is 0 Å². The van der Waals surface area contributed by atoms with Crippen LogP contribution in [0.2, 0.25) is 0 Å². The lowest BCUT2D eigenvalue weighted by Gasteiger charge is -2.60. The van der Waals surface area contributed by atoms with E-state index in [1.54, 1.807) is 6.20 Å². The van der Waals surface area contributed by atoms with Crippen LogP contribution in [-0.2, 0) is 4.79 Å². The Balaban J connectivity index is 1.07. The summed E-state index contributed by atoms with van der Waals surface area (Å²) in [5, 5.41) is 14.4. The zero-order valence-electron chi connectivity index (χ0n) is 17.2. The number of amides is 1. The minimum Gasteiger partial charge on any atom is -0.488 e. The molecule has 2 N–H and O–H groups in total. The molecule has 0 bridgehead atoms. The number of hydrogen-bond donors (Lipinski definition) is 2. The van der Waals surface area contributed by atoms with Crippen molar-refractivity contribution in [3.05, 3.63) is 36.5 Å². The van der Waals surface area contributed by atoms with Crippen LogP contribution < -0.4 is 10.1 Å². The molecule has 0 unspecified atom stereocenters. The van der Waals surface area contributed by atoms with Gasteiger partial charge >= 0.3 is 0 Å². The molecule has 0 aliphatic heterocycles. The predicted molar refractivity (Wildman–Crippen MR) is 112 cm³/mol. The number of carbonyl (C=O) groups excluding carboxylic acids is 1. The van der Waals surface area contributed by atoms with Gasteiger partial charge < -0.3 is 15.2 Å². The van der Waals surface area contributed by atoms with E-state index in [4.69, 9.17) is 4.74 Å². The van der Waals surface area contributed by atoms with E-state index < -0.39 is 5.60 Å². The number of rotatable bonds is 5. The van der Waals surface area contributed by atoms with Gasteiger partial charge in [-0.05, 0) is 75.8 Å². The van der Waals surface area contributed by atoms with E-state index in [0.29, 0.717) is 17.4 Å². The number of nitrogens with zero attached hydrogens (tertiary/aromatic N) is 1. The first kappa shape index (κ1) is 18.9. The summed E-state index contributed by atoms with van der Waals surface area (Å²) in [6.45, 7) is 3.82. The van der Waals surface area contributed by atoms with Gasteiger partial charge in [-0.1, -0.05) is 18.2 Å². The van der Waals surface area contributed by atoms with E-state index in [9.17, 15) is 9.90 Å². The maximum Gasteiger partial charge on any atom is 0.223 e. The summed E-state index contributed by atoms with van der Waals surface area (Å²) < 4.78 is 6.13. The molecule has 154 valence electrons. The fourth-order valence-electron chi connectivity index (χ4n) is 5.45. The van der Waals surface area contributed by atoms with Gasteiger partial charge in [-0.3, -0.25) is 9.78 Å². The van der Waals surface area contributed by atoms with Crippen LogP contribution in [-0.4, -0.2) is 33.7 Å². The van der Waals surface area contributed by atoms with Crippen LogP contribution in [0.4, 0.5) is 0 Å². The molecule has 29 heavy (non-hydrogen) atoms. The van der Waals surface area contributed by atoms with Gasteiger partial charge in [0, 0.05) is 23.5 Å². The van der Waals surface area contributed by atoms with E-state index in [1.165, 1.54) is 0 Å². The fraction of sp³-hybridized carbons (Fsp3) is 0.583. The van der Waals surface area contributed by atoms with E-state index in [-0.39, 0.29) is 17.9 Å². The van der Waals surface area contributed by atoms with E-state index in [2.05, 4.69) is 10.3 Å². The van der Waals surface area contributed by atoms with Gasteiger partial charge in [-0.25, -0.2) is 0 Å². The predicted octanol–water partition coefficient (Wildman–Crippen LogP) is 3.84. The fourth-order valence-corrected chi connectivity index (χ4v) is 5.45. The Labute approximate surface area is 171 Å². The molecule has 3 saturated carbocycles. The van der Waals surface area contributed by atoms with Crippen molar-refractivity contribution in [2.45, 2.75) is 70.1 Å². The summed E-state index contributed by atoms with van der Waals surface area (Å²) >= 11 is 0. The molecule has 1 amide bonds. The lowest BCUT2D eigenvalue weighted by Crippen LogP contribution is -2.60. The van der Waals surface area contributed by atoms with Crippen LogP contribution in [0, 0.1) is 17.3 Å². The van der Waals surface area contributed by atoms with Crippen molar-refractivity contribution in [3.63, 3.8) is 0 Å². The molecule has 0 saturated heterocycles. The number of carbonyl (C=O) groups is 1. The molecular weight excluding hydrogens is 364 g/mol. The van der Waals surface area contributed by atoms with Crippen LogP contribution in [0.15, 0.2) is 36.5 Å². The van der Waals surface area contributed by atoms with Gasteiger partial charge in [0.05, 0.1) is 5.60 Å². The number of nitrogens with one attached hydrogen (secondary N) is 1. The Bertz CT molecular complexity index is 910. The Kier molecular flexibility index (Phi) is 4.35. The molecule has 1 aromatic carbocycles. The van der Waals surface area contributed by atoms with Crippen molar-refractivity contribution >= 4 is 16.8 Å². The molecule has 2 aromatic rings. The average Bonchev–Trinajstić information content (AvgIpc) is 2.57. The first-order chi connectivity index (χ1) is 13.8. The Hall–Kier alpha value is -2.14. The summed E-state index contributed by atoms with van der Waals surface area (Å²) in [5.74, 6) is 1.45. The van der Waals surface area contributed by atoms with Gasteiger partial charge in [0.2, 0.25) is 5.91 Å². The lowest BCUT2D eigenvalue weighted by molar-refractivity contribution is -0.144. The standard InChI is InChI=1S/C24H30N2O3/c1-23(2,28)17-11-24(12-17)13-18(14-24)26-22(27)16-9-19(10-16)29-20-7-3-5-15-6-4-8-25-21(15)20/h3-8,16-19,28H,9-14H2,1-2H3,(H,26,27)/t16-,17?,18?,19-,24?. The summed E-state index contributed by atoms with van der Waals surface area (Å²) in [7, 11) is 0. The van der Waals surface area contributed by atoms with Crippen molar-refractivity contribution in [1.82, 2.24) is 10.3 Å². The maximum atomic E-state index is 12.6. The van der Waals surface area contributed by atoms with Gasteiger partial charge in [-0.15, -0.1) is 0 Å². The number of benzene rings is 1. The Morgan fingerprint density at radius 1 is 1.17 bits per heavy atom. The van der Waals surface area contributed by atoms with Crippen LogP contribution in [0.5, 0.6) is 5.75 Å². The largest absolute Gasteiger partial charge is 0.488 e. The highest BCUT2D eigenvalue weighted by molar-refractivity contribution is 5.84. The van der Waals surface area contributed by atoms with Crippen LogP contribution in [0.25, 0.3) is 10.9 Å². The van der Waals surface area contributed by atoms with Gasteiger partial charge in [0.15, 0.2) is 0 Å². The molecule has 5 nitrogen and oxygen atoms in total. The van der Waals surface area contributed by atoms with Crippen molar-refractivity contribution in [3.8, 4) is 5.75 Å². The molecule has 0 radical (unpaired) electrons. The Morgan fingerprint density at radius 2 is 1.90 bits per heavy atom. The third-order valence-corrected chi connectivity index (χ3v) is 7.42. The highest BCUT2D eigenvalue weighted by Gasteiger charge is 2.56.